The van der Waals surface area contributed by atoms with Gasteiger partial charge >= 0.3 is 0 Å². The predicted octanol–water partition coefficient (Wildman–Crippen LogP) is 19.9. The van der Waals surface area contributed by atoms with Crippen molar-refractivity contribution in [2.75, 3.05) is 9.80 Å². The van der Waals surface area contributed by atoms with Crippen molar-refractivity contribution < 1.29 is 12.6 Å². The molecule has 0 saturated heterocycles. The number of halogens is 2. The van der Waals surface area contributed by atoms with Gasteiger partial charge in [-0.2, -0.15) is 0 Å². The van der Waals surface area contributed by atoms with Crippen LogP contribution in [0.5, 0.6) is 0 Å². The molecule has 0 fully saturated rings. The van der Waals surface area contributed by atoms with Gasteiger partial charge < -0.3 is 14.2 Å². The molecule has 0 amide bonds. The van der Waals surface area contributed by atoms with Gasteiger partial charge in [-0.05, 0) is 150 Å². The third kappa shape index (κ3) is 8.35. The molecule has 0 radical (unpaired) electrons. The monoisotopic (exact) mass is 1080 g/mol. The standard InChI is InChI=1S/C74H57BCl2N2O/c1-73(2,3)52-40-57(46-21-11-7-12-22-46)71(58(41-52)47-23-13-8-14-24-47)78-64-44-54(76)32-34-62(64)75-63-35-33-55(77)45-65(63)79(67-39-51(38-66(78)70(67)75)50-31-36-69-61(37-50)56-29-19-20-30-68(56)80-69)72-59(48-25-15-9-16-26-48)42-53(74(4,5)6)43-60(72)49-27-17-10-18-28-49/h7-45H,1-6H3/i32D,33D,34D,35D,44D,45D. The van der Waals surface area contributed by atoms with Crippen LogP contribution in [0.1, 0.15) is 60.9 Å². The zero-order valence-corrected chi connectivity index (χ0v) is 46.7. The number of anilines is 6. The molecule has 14 rings (SSSR count). The van der Waals surface area contributed by atoms with E-state index in [1.54, 1.807) is 0 Å². The molecule has 11 aromatic carbocycles. The number of hydrogen-bond acceptors (Lipinski definition) is 3. The Morgan fingerprint density at radius 3 is 1.19 bits per heavy atom. The van der Waals surface area contributed by atoms with Crippen LogP contribution in [0.15, 0.2) is 241 Å². The first-order chi connectivity index (χ1) is 41.3. The predicted molar refractivity (Wildman–Crippen MR) is 342 cm³/mol. The van der Waals surface area contributed by atoms with Gasteiger partial charge in [0.1, 0.15) is 11.2 Å². The zero-order valence-electron chi connectivity index (χ0n) is 51.2. The molecule has 0 saturated carbocycles. The first-order valence-electron chi connectivity index (χ1n) is 30.2. The third-order valence-corrected chi connectivity index (χ3v) is 16.3. The minimum absolute atomic E-state index is 0.179. The van der Waals surface area contributed by atoms with Gasteiger partial charge in [0.2, 0.25) is 0 Å². The molecule has 80 heavy (non-hydrogen) atoms. The molecular formula is C74H57BCl2N2O. The van der Waals surface area contributed by atoms with E-state index in [2.05, 4.69) is 154 Å². The van der Waals surface area contributed by atoms with Gasteiger partial charge in [0.15, 0.2) is 0 Å². The number of para-hydroxylation sites is 1. The molecule has 12 aromatic rings. The van der Waals surface area contributed by atoms with Crippen molar-refractivity contribution >= 4 is 102 Å². The smallest absolute Gasteiger partial charge is 0.252 e. The van der Waals surface area contributed by atoms with Crippen molar-refractivity contribution in [2.24, 2.45) is 0 Å². The van der Waals surface area contributed by atoms with E-state index in [1.807, 2.05) is 97.1 Å². The summed E-state index contributed by atoms with van der Waals surface area (Å²) in [5.41, 5.74) is 15.9. The lowest BCUT2D eigenvalue weighted by molar-refractivity contribution is 0.590. The maximum atomic E-state index is 10.4. The van der Waals surface area contributed by atoms with Crippen LogP contribution >= 0.6 is 23.2 Å². The molecule has 386 valence electrons. The Bertz CT molecular complexity index is 4410. The molecule has 0 aliphatic carbocycles. The van der Waals surface area contributed by atoms with Crippen LogP contribution in [-0.2, 0) is 10.8 Å². The number of rotatable bonds is 7. The Balaban J connectivity index is 1.24. The van der Waals surface area contributed by atoms with Crippen LogP contribution in [0.25, 0.3) is 77.6 Å². The zero-order chi connectivity index (χ0) is 59.8. The molecule has 2 aliphatic rings. The summed E-state index contributed by atoms with van der Waals surface area (Å²) in [5, 5.41) is 1.47. The van der Waals surface area contributed by atoms with Gasteiger partial charge in [0.05, 0.1) is 19.6 Å². The fourth-order valence-corrected chi connectivity index (χ4v) is 12.3. The summed E-state index contributed by atoms with van der Waals surface area (Å²) >= 11 is 14.6. The molecule has 3 nitrogen and oxygen atoms in total. The van der Waals surface area contributed by atoms with Crippen LogP contribution in [-0.4, -0.2) is 6.71 Å². The molecule has 0 atom stereocenters. The fraction of sp³-hybridized carbons (Fsp3) is 0.108. The van der Waals surface area contributed by atoms with Crippen molar-refractivity contribution in [1.82, 2.24) is 0 Å². The first kappa shape index (κ1) is 43.4. The number of furan rings is 1. The van der Waals surface area contributed by atoms with E-state index in [0.717, 1.165) is 88.7 Å². The molecule has 0 bridgehead atoms. The minimum Gasteiger partial charge on any atom is -0.456 e. The van der Waals surface area contributed by atoms with Crippen molar-refractivity contribution in [3.63, 3.8) is 0 Å². The summed E-state index contributed by atoms with van der Waals surface area (Å²) < 4.78 is 67.3. The van der Waals surface area contributed by atoms with Crippen molar-refractivity contribution in [3.8, 4) is 55.6 Å². The maximum Gasteiger partial charge on any atom is 0.252 e. The topological polar surface area (TPSA) is 19.6 Å². The van der Waals surface area contributed by atoms with Crippen LogP contribution in [0, 0.1) is 0 Å². The maximum absolute atomic E-state index is 10.4. The van der Waals surface area contributed by atoms with Crippen LogP contribution in [0.2, 0.25) is 10.0 Å². The van der Waals surface area contributed by atoms with E-state index >= 15 is 0 Å². The number of hydrogen-bond donors (Lipinski definition) is 0. The highest BCUT2D eigenvalue weighted by Gasteiger charge is 2.46. The van der Waals surface area contributed by atoms with E-state index in [-0.39, 0.29) is 79.4 Å². The van der Waals surface area contributed by atoms with Gasteiger partial charge in [0, 0.05) is 65.8 Å². The van der Waals surface area contributed by atoms with Crippen molar-refractivity contribution in [3.05, 3.63) is 258 Å². The highest BCUT2D eigenvalue weighted by atomic mass is 35.5. The van der Waals surface area contributed by atoms with E-state index in [0.29, 0.717) is 28.2 Å². The van der Waals surface area contributed by atoms with Gasteiger partial charge in [-0.1, -0.05) is 222 Å². The van der Waals surface area contributed by atoms with Crippen molar-refractivity contribution in [1.29, 1.82) is 0 Å². The fourth-order valence-electron chi connectivity index (χ4n) is 12.0. The van der Waals surface area contributed by atoms with Crippen LogP contribution in [0.3, 0.4) is 0 Å². The van der Waals surface area contributed by atoms with E-state index in [9.17, 15) is 8.22 Å². The Morgan fingerprint density at radius 1 is 0.388 bits per heavy atom. The van der Waals surface area contributed by atoms with Gasteiger partial charge in [-0.15, -0.1) is 0 Å². The average Bonchev–Trinajstić information content (AvgIpc) is 0.758. The van der Waals surface area contributed by atoms with E-state index < -0.39 is 6.71 Å². The second-order valence-corrected chi connectivity index (χ2v) is 23.8. The molecule has 0 spiro atoms. The Hall–Kier alpha value is -8.54. The molecule has 2 aliphatic heterocycles. The second-order valence-electron chi connectivity index (χ2n) is 23.0. The first-order valence-corrected chi connectivity index (χ1v) is 27.9. The molecule has 3 heterocycles. The quantitative estimate of drug-likeness (QED) is 0.148. The molecular weight excluding hydrogens is 1010 g/mol. The SMILES string of the molecule is [2H]c1c([2H])c2c(c([2H])c1Cl)N(c1c(-c3ccccc3)cc(C(C)(C)C)cc1-c1ccccc1)c1cc(-c3ccc4oc5ccccc5c4c3)cc3c1B2c1c([2H])c([2H])c(Cl)c([2H])c1N3c1c(-c2ccccc2)cc(C(C)(C)C)cc1-c1ccccc1. The Kier molecular flexibility index (Phi) is 10.3. The van der Waals surface area contributed by atoms with Gasteiger partial charge in [-0.3, -0.25) is 0 Å². The molecule has 0 unspecified atom stereocenters. The largest absolute Gasteiger partial charge is 0.456 e. The highest BCUT2D eigenvalue weighted by Crippen LogP contribution is 2.55. The van der Waals surface area contributed by atoms with Crippen LogP contribution in [0.4, 0.5) is 34.1 Å². The van der Waals surface area contributed by atoms with E-state index in [1.165, 1.54) is 0 Å². The molecule has 0 N–H and O–H groups in total. The minimum atomic E-state index is -1.11. The third-order valence-electron chi connectivity index (χ3n) is 16.0. The molecule has 6 heteroatoms. The van der Waals surface area contributed by atoms with E-state index in [4.69, 9.17) is 27.6 Å². The van der Waals surface area contributed by atoms with Crippen LogP contribution < -0.4 is 26.2 Å². The summed E-state index contributed by atoms with van der Waals surface area (Å²) in [4.78, 5) is 4.21. The summed E-state index contributed by atoms with van der Waals surface area (Å²) in [6, 6.07) is 66.9. The Morgan fingerprint density at radius 2 is 0.775 bits per heavy atom. The summed E-state index contributed by atoms with van der Waals surface area (Å²) in [6.45, 7) is 12.1. The van der Waals surface area contributed by atoms with Crippen molar-refractivity contribution in [2.45, 2.75) is 52.4 Å². The summed E-state index contributed by atoms with van der Waals surface area (Å²) in [5.74, 6) is 0. The number of nitrogens with zero attached hydrogens (tertiary/aromatic N) is 2. The second kappa shape index (κ2) is 19.1. The number of benzene rings is 11. The lowest BCUT2D eigenvalue weighted by Crippen LogP contribution is -2.61. The normalized spacial score (nSPS) is 14.0. The highest BCUT2D eigenvalue weighted by molar-refractivity contribution is 7.00. The number of fused-ring (bicyclic) bond motifs is 7. The lowest BCUT2D eigenvalue weighted by atomic mass is 9.33. The molecule has 1 aromatic heterocycles. The van der Waals surface area contributed by atoms with Gasteiger partial charge in [0.25, 0.3) is 6.71 Å². The van der Waals surface area contributed by atoms with Gasteiger partial charge in [-0.25, -0.2) is 0 Å². The Labute approximate surface area is 487 Å². The summed E-state index contributed by atoms with van der Waals surface area (Å²) in [7, 11) is 0. The average molecular weight is 1080 g/mol. The summed E-state index contributed by atoms with van der Waals surface area (Å²) in [6.07, 6.45) is 0. The lowest BCUT2D eigenvalue weighted by Gasteiger charge is -2.46.